The van der Waals surface area contributed by atoms with E-state index in [1.54, 1.807) is 36.4 Å². The van der Waals surface area contributed by atoms with Gasteiger partial charge in [-0.25, -0.2) is 17.4 Å². The minimum atomic E-state index is -3.86. The third-order valence-corrected chi connectivity index (χ3v) is 6.34. The van der Waals surface area contributed by atoms with Crippen LogP contribution in [0.5, 0.6) is 0 Å². The van der Waals surface area contributed by atoms with Crippen LogP contribution in [-0.4, -0.2) is 17.4 Å². The van der Waals surface area contributed by atoms with Gasteiger partial charge in [0, 0.05) is 0 Å². The average molecular weight is 389 g/mol. The zero-order valence-electron chi connectivity index (χ0n) is 15.3. The van der Waals surface area contributed by atoms with E-state index in [-0.39, 0.29) is 10.8 Å². The Morgan fingerprint density at radius 2 is 1.57 bits per heavy atom. The molecule has 0 saturated heterocycles. The van der Waals surface area contributed by atoms with Crippen LogP contribution in [0.1, 0.15) is 18.1 Å². The Kier molecular flexibility index (Phi) is 4.49. The van der Waals surface area contributed by atoms with Crippen molar-refractivity contribution in [2.45, 2.75) is 11.8 Å². The van der Waals surface area contributed by atoms with E-state index in [2.05, 4.69) is 4.98 Å². The van der Waals surface area contributed by atoms with Crippen molar-refractivity contribution in [1.82, 2.24) is 8.96 Å². The molecule has 0 radical (unpaired) electrons. The Morgan fingerprint density at radius 1 is 0.929 bits per heavy atom. The van der Waals surface area contributed by atoms with Crippen molar-refractivity contribution in [3.63, 3.8) is 0 Å². The molecule has 28 heavy (non-hydrogen) atoms. The molecule has 140 valence electrons. The van der Waals surface area contributed by atoms with Crippen LogP contribution in [0, 0.1) is 0 Å². The molecule has 4 aromatic rings. The van der Waals surface area contributed by atoms with Crippen molar-refractivity contribution in [1.29, 1.82) is 0 Å². The summed E-state index contributed by atoms with van der Waals surface area (Å²) >= 11 is 0. The maximum absolute atomic E-state index is 13.2. The second kappa shape index (κ2) is 6.98. The topological polar surface area (TPSA) is 78.0 Å². The zero-order valence-corrected chi connectivity index (χ0v) is 16.1. The summed E-state index contributed by atoms with van der Waals surface area (Å²) in [5.41, 5.74) is 9.94. The molecule has 0 atom stereocenters. The summed E-state index contributed by atoms with van der Waals surface area (Å²) in [6.07, 6.45) is 2.01. The lowest BCUT2D eigenvalue weighted by atomic mass is 9.97. The van der Waals surface area contributed by atoms with Crippen LogP contribution in [-0.2, 0) is 10.0 Å². The predicted octanol–water partition coefficient (Wildman–Crippen LogP) is 4.31. The number of allylic oxidation sites excluding steroid dienone is 1. The summed E-state index contributed by atoms with van der Waals surface area (Å²) in [6.45, 7) is 1.96. The number of nitrogens with zero attached hydrogens (tertiary/aromatic N) is 2. The molecular formula is C22H19N3O2S. The van der Waals surface area contributed by atoms with E-state index in [1.165, 1.54) is 0 Å². The van der Waals surface area contributed by atoms with Crippen LogP contribution in [0.25, 0.3) is 16.6 Å². The highest BCUT2D eigenvalue weighted by Crippen LogP contribution is 2.30. The highest BCUT2D eigenvalue weighted by Gasteiger charge is 2.23. The summed E-state index contributed by atoms with van der Waals surface area (Å²) in [5, 5.41) is 0. The molecule has 0 saturated carbocycles. The lowest BCUT2D eigenvalue weighted by Crippen LogP contribution is -2.15. The molecule has 0 aliphatic carbocycles. The quantitative estimate of drug-likeness (QED) is 0.564. The molecule has 4 rings (SSSR count). The molecule has 0 aliphatic rings. The fourth-order valence-electron chi connectivity index (χ4n) is 3.31. The first kappa shape index (κ1) is 18.0. The van der Waals surface area contributed by atoms with Crippen molar-refractivity contribution in [3.05, 3.63) is 96.1 Å². The van der Waals surface area contributed by atoms with Crippen molar-refractivity contribution < 1.29 is 8.42 Å². The van der Waals surface area contributed by atoms with E-state index in [4.69, 9.17) is 5.73 Å². The van der Waals surface area contributed by atoms with Gasteiger partial charge in [0.05, 0.1) is 15.9 Å². The second-order valence-electron chi connectivity index (χ2n) is 6.32. The van der Waals surface area contributed by atoms with Gasteiger partial charge in [0.1, 0.15) is 0 Å². The van der Waals surface area contributed by atoms with Crippen molar-refractivity contribution >= 4 is 32.6 Å². The van der Waals surface area contributed by atoms with Crippen molar-refractivity contribution in [3.8, 4) is 0 Å². The summed E-state index contributed by atoms with van der Waals surface area (Å²) in [7, 11) is -3.86. The minimum absolute atomic E-state index is 0.0576. The van der Waals surface area contributed by atoms with Gasteiger partial charge in [-0.1, -0.05) is 60.7 Å². The predicted molar refractivity (Wildman–Crippen MR) is 112 cm³/mol. The number of nitrogen functional groups attached to an aromatic ring is 1. The van der Waals surface area contributed by atoms with E-state index in [1.807, 2.05) is 55.5 Å². The van der Waals surface area contributed by atoms with Gasteiger partial charge in [0.15, 0.2) is 0 Å². The highest BCUT2D eigenvalue weighted by molar-refractivity contribution is 7.90. The molecule has 0 fully saturated rings. The molecule has 0 aliphatic heterocycles. The van der Waals surface area contributed by atoms with Crippen LogP contribution in [0.3, 0.4) is 0 Å². The monoisotopic (exact) mass is 389 g/mol. The molecule has 0 amide bonds. The zero-order chi connectivity index (χ0) is 19.7. The number of fused-ring (bicyclic) bond motifs is 1. The van der Waals surface area contributed by atoms with Gasteiger partial charge in [-0.3, -0.25) is 0 Å². The maximum atomic E-state index is 13.2. The summed E-state index contributed by atoms with van der Waals surface area (Å²) in [6, 6.07) is 23.7. The number of aromatic nitrogens is 2. The molecule has 3 aromatic carbocycles. The Labute approximate surface area is 163 Å². The normalized spacial score (nSPS) is 12.4. The Bertz CT molecular complexity index is 1280. The molecule has 6 heteroatoms. The van der Waals surface area contributed by atoms with E-state index in [9.17, 15) is 8.42 Å². The smallest absolute Gasteiger partial charge is 0.271 e. The van der Waals surface area contributed by atoms with E-state index >= 15 is 0 Å². The number of anilines is 1. The van der Waals surface area contributed by atoms with Crippen LogP contribution >= 0.6 is 0 Å². The number of hydrogen-bond donors (Lipinski definition) is 1. The van der Waals surface area contributed by atoms with Gasteiger partial charge < -0.3 is 5.73 Å². The highest BCUT2D eigenvalue weighted by atomic mass is 32.2. The average Bonchev–Trinajstić information content (AvgIpc) is 3.06. The van der Waals surface area contributed by atoms with E-state index in [0.717, 1.165) is 20.7 Å². The number of hydrogen-bond acceptors (Lipinski definition) is 4. The molecular weight excluding hydrogens is 370 g/mol. The SMILES string of the molecule is C/C=C(\c1ccccc1)c1ccc2nc(N)n(S(=O)(=O)c3ccccc3)c2c1. The summed E-state index contributed by atoms with van der Waals surface area (Å²) in [5.74, 6) is -0.0576. The number of rotatable bonds is 4. The van der Waals surface area contributed by atoms with Gasteiger partial charge in [-0.2, -0.15) is 0 Å². The Morgan fingerprint density at radius 3 is 2.21 bits per heavy atom. The van der Waals surface area contributed by atoms with Crippen LogP contribution in [0.15, 0.2) is 89.8 Å². The number of benzene rings is 3. The molecule has 2 N–H and O–H groups in total. The summed E-state index contributed by atoms with van der Waals surface area (Å²) < 4.78 is 27.5. The largest absolute Gasteiger partial charge is 0.368 e. The lowest BCUT2D eigenvalue weighted by Gasteiger charge is -2.11. The number of imidazole rings is 1. The van der Waals surface area contributed by atoms with Crippen LogP contribution in [0.2, 0.25) is 0 Å². The molecule has 5 nitrogen and oxygen atoms in total. The standard InChI is InChI=1S/C22H19N3O2S/c1-2-19(16-9-5-3-6-10-16)17-13-14-20-21(15-17)25(22(23)24-20)28(26,27)18-11-7-4-8-12-18/h2-15H,1H3,(H2,23,24)/b19-2+. The van der Waals surface area contributed by atoms with E-state index in [0.29, 0.717) is 11.0 Å². The van der Waals surface area contributed by atoms with Gasteiger partial charge in [0.2, 0.25) is 5.95 Å². The third kappa shape index (κ3) is 2.97. The van der Waals surface area contributed by atoms with Gasteiger partial charge >= 0.3 is 0 Å². The third-order valence-electron chi connectivity index (χ3n) is 4.60. The number of nitrogens with two attached hydrogens (primary N) is 1. The van der Waals surface area contributed by atoms with Crippen LogP contribution < -0.4 is 5.73 Å². The Balaban J connectivity index is 1.93. The van der Waals surface area contributed by atoms with E-state index < -0.39 is 10.0 Å². The lowest BCUT2D eigenvalue weighted by molar-refractivity contribution is 0.589. The summed E-state index contributed by atoms with van der Waals surface area (Å²) in [4.78, 5) is 4.41. The second-order valence-corrected chi connectivity index (χ2v) is 8.11. The molecule has 0 spiro atoms. The molecule has 0 bridgehead atoms. The maximum Gasteiger partial charge on any atom is 0.271 e. The first-order valence-corrected chi connectivity index (χ1v) is 10.3. The first-order chi connectivity index (χ1) is 13.5. The van der Waals surface area contributed by atoms with Crippen LogP contribution in [0.4, 0.5) is 5.95 Å². The van der Waals surface area contributed by atoms with Gasteiger partial charge in [-0.05, 0) is 47.9 Å². The molecule has 1 heterocycles. The fourth-order valence-corrected chi connectivity index (χ4v) is 4.71. The Hall–Kier alpha value is -3.38. The molecule has 1 aromatic heterocycles. The van der Waals surface area contributed by atoms with Crippen molar-refractivity contribution in [2.75, 3.05) is 5.73 Å². The fraction of sp³-hybridized carbons (Fsp3) is 0.0455. The van der Waals surface area contributed by atoms with Gasteiger partial charge in [0.25, 0.3) is 10.0 Å². The minimum Gasteiger partial charge on any atom is -0.368 e. The van der Waals surface area contributed by atoms with Crippen molar-refractivity contribution in [2.24, 2.45) is 0 Å². The van der Waals surface area contributed by atoms with Gasteiger partial charge in [-0.15, -0.1) is 0 Å². The first-order valence-electron chi connectivity index (χ1n) is 8.83. The molecule has 0 unspecified atom stereocenters.